The van der Waals surface area contributed by atoms with E-state index < -0.39 is 23.6 Å². The predicted octanol–water partition coefficient (Wildman–Crippen LogP) is 1.70. The minimum atomic E-state index is -1.02. The molecule has 1 aromatic rings. The fourth-order valence-electron chi connectivity index (χ4n) is 4.84. The highest BCUT2D eigenvalue weighted by Gasteiger charge is 2.53. The normalized spacial score (nSPS) is 29.0. The van der Waals surface area contributed by atoms with Crippen molar-refractivity contribution >= 4 is 29.4 Å². The second kappa shape index (κ2) is 6.86. The van der Waals surface area contributed by atoms with Gasteiger partial charge in [-0.1, -0.05) is 19.1 Å². The van der Waals surface area contributed by atoms with E-state index in [4.69, 9.17) is 0 Å². The average Bonchev–Trinajstić information content (AvgIpc) is 3.00. The maximum Gasteiger partial charge on any atom is 0.326 e. The van der Waals surface area contributed by atoms with Crippen LogP contribution in [0, 0.1) is 5.92 Å². The van der Waals surface area contributed by atoms with Crippen molar-refractivity contribution < 1.29 is 24.3 Å². The highest BCUT2D eigenvalue weighted by atomic mass is 16.4. The zero-order valence-electron chi connectivity index (χ0n) is 16.6. The van der Waals surface area contributed by atoms with Gasteiger partial charge in [0.15, 0.2) is 0 Å². The van der Waals surface area contributed by atoms with E-state index in [0.29, 0.717) is 37.1 Å². The van der Waals surface area contributed by atoms with Gasteiger partial charge in [0.1, 0.15) is 18.2 Å². The molecule has 0 saturated carbocycles. The molecule has 3 amide bonds. The molecule has 3 unspecified atom stereocenters. The van der Waals surface area contributed by atoms with E-state index in [1.165, 1.54) is 9.80 Å². The van der Waals surface area contributed by atoms with E-state index in [1.807, 2.05) is 6.92 Å². The number of piperidine rings is 1. The molecular weight excluding hydrogens is 374 g/mol. The molecule has 154 valence electrons. The number of carbonyl (C=O) groups excluding carboxylic acids is 3. The third-order valence-electron chi connectivity index (χ3n) is 6.51. The Morgan fingerprint density at radius 1 is 1.24 bits per heavy atom. The Labute approximate surface area is 169 Å². The number of carboxylic acids is 1. The second-order valence-corrected chi connectivity index (χ2v) is 8.43. The van der Waals surface area contributed by atoms with Crippen LogP contribution in [0.15, 0.2) is 24.3 Å². The third kappa shape index (κ3) is 2.97. The molecule has 3 heterocycles. The maximum absolute atomic E-state index is 13.3. The Kier molecular flexibility index (Phi) is 4.59. The van der Waals surface area contributed by atoms with Crippen molar-refractivity contribution in [1.29, 1.82) is 0 Å². The van der Waals surface area contributed by atoms with Crippen LogP contribution in [0.25, 0.3) is 0 Å². The molecule has 1 aromatic carbocycles. The van der Waals surface area contributed by atoms with Crippen molar-refractivity contribution in [3.8, 4) is 0 Å². The van der Waals surface area contributed by atoms with Gasteiger partial charge < -0.3 is 14.9 Å². The SMILES string of the molecule is CC1CCN(C(=O)CN2C(=O)c3ccccc3N3C(=O)CCC23C)C(C(=O)O)C1. The summed E-state index contributed by atoms with van der Waals surface area (Å²) in [5.41, 5.74) is 0.0245. The summed E-state index contributed by atoms with van der Waals surface area (Å²) in [6.07, 6.45) is 1.86. The number of nitrogens with zero attached hydrogens (tertiary/aromatic N) is 3. The van der Waals surface area contributed by atoms with E-state index in [-0.39, 0.29) is 24.3 Å². The van der Waals surface area contributed by atoms with E-state index in [1.54, 1.807) is 36.1 Å². The smallest absolute Gasteiger partial charge is 0.326 e. The lowest BCUT2D eigenvalue weighted by Crippen LogP contribution is -2.64. The summed E-state index contributed by atoms with van der Waals surface area (Å²) in [6.45, 7) is 3.89. The molecule has 0 aliphatic carbocycles. The Morgan fingerprint density at radius 2 is 1.97 bits per heavy atom. The van der Waals surface area contributed by atoms with Crippen molar-refractivity contribution in [3.63, 3.8) is 0 Å². The molecule has 29 heavy (non-hydrogen) atoms. The molecular formula is C21H25N3O5. The quantitative estimate of drug-likeness (QED) is 0.834. The van der Waals surface area contributed by atoms with E-state index in [2.05, 4.69) is 0 Å². The van der Waals surface area contributed by atoms with Crippen molar-refractivity contribution in [3.05, 3.63) is 29.8 Å². The van der Waals surface area contributed by atoms with Gasteiger partial charge in [0.05, 0.1) is 11.3 Å². The Morgan fingerprint density at radius 3 is 2.69 bits per heavy atom. The molecule has 3 aliphatic heterocycles. The molecule has 0 bridgehead atoms. The lowest BCUT2D eigenvalue weighted by molar-refractivity contribution is -0.153. The summed E-state index contributed by atoms with van der Waals surface area (Å²) < 4.78 is 0. The number of hydrogen-bond acceptors (Lipinski definition) is 4. The number of anilines is 1. The number of para-hydroxylation sites is 1. The first kappa shape index (κ1) is 19.4. The van der Waals surface area contributed by atoms with E-state index in [0.717, 1.165) is 6.42 Å². The van der Waals surface area contributed by atoms with Crippen molar-refractivity contribution in [2.45, 2.75) is 51.2 Å². The van der Waals surface area contributed by atoms with Gasteiger partial charge in [0.2, 0.25) is 11.8 Å². The number of aliphatic carboxylic acids is 1. The molecule has 2 saturated heterocycles. The highest BCUT2D eigenvalue weighted by Crippen LogP contribution is 2.44. The molecule has 3 aliphatic rings. The van der Waals surface area contributed by atoms with Gasteiger partial charge in [-0.15, -0.1) is 0 Å². The maximum atomic E-state index is 13.3. The van der Waals surface area contributed by atoms with E-state index >= 15 is 0 Å². The average molecular weight is 399 g/mol. The molecule has 8 heteroatoms. The van der Waals surface area contributed by atoms with Gasteiger partial charge in [-0.25, -0.2) is 4.79 Å². The standard InChI is InChI=1S/C21H25N3O5/c1-13-8-10-22(16(11-13)20(28)29)18(26)12-23-19(27)14-5-3-4-6-15(14)24-17(25)7-9-21(23,24)2/h3-6,13,16H,7-12H2,1-2H3,(H,28,29). The lowest BCUT2D eigenvalue weighted by atomic mass is 9.92. The molecule has 0 aromatic heterocycles. The molecule has 4 rings (SSSR count). The second-order valence-electron chi connectivity index (χ2n) is 8.43. The number of carboxylic acid groups (broad SMARTS) is 1. The number of hydrogen-bond donors (Lipinski definition) is 1. The fraction of sp³-hybridized carbons (Fsp3) is 0.524. The largest absolute Gasteiger partial charge is 0.480 e. The van der Waals surface area contributed by atoms with Gasteiger partial charge >= 0.3 is 5.97 Å². The van der Waals surface area contributed by atoms with Crippen LogP contribution >= 0.6 is 0 Å². The van der Waals surface area contributed by atoms with Crippen LogP contribution < -0.4 is 4.90 Å². The van der Waals surface area contributed by atoms with Crippen LogP contribution in [0.1, 0.15) is 49.9 Å². The minimum Gasteiger partial charge on any atom is -0.480 e. The number of amides is 3. The molecule has 3 atom stereocenters. The summed E-state index contributed by atoms with van der Waals surface area (Å²) in [5.74, 6) is -1.58. The lowest BCUT2D eigenvalue weighted by Gasteiger charge is -2.49. The fourth-order valence-corrected chi connectivity index (χ4v) is 4.84. The Balaban J connectivity index is 1.66. The summed E-state index contributed by atoms with van der Waals surface area (Å²) in [7, 11) is 0. The summed E-state index contributed by atoms with van der Waals surface area (Å²) in [6, 6.07) is 6.04. The van der Waals surface area contributed by atoms with Gasteiger partial charge in [-0.05, 0) is 44.2 Å². The van der Waals surface area contributed by atoms with E-state index in [9.17, 15) is 24.3 Å². The number of carbonyl (C=O) groups is 4. The van der Waals surface area contributed by atoms with Crippen LogP contribution in [0.3, 0.4) is 0 Å². The van der Waals surface area contributed by atoms with Gasteiger partial charge in [-0.3, -0.25) is 19.3 Å². The molecule has 0 radical (unpaired) electrons. The van der Waals surface area contributed by atoms with Crippen molar-refractivity contribution in [2.24, 2.45) is 5.92 Å². The summed E-state index contributed by atoms with van der Waals surface area (Å²) >= 11 is 0. The first-order valence-corrected chi connectivity index (χ1v) is 10.0. The molecule has 2 fully saturated rings. The molecule has 1 N–H and O–H groups in total. The number of fused-ring (bicyclic) bond motifs is 3. The zero-order valence-corrected chi connectivity index (χ0v) is 16.6. The predicted molar refractivity (Wildman–Crippen MR) is 104 cm³/mol. The molecule has 0 spiro atoms. The Bertz CT molecular complexity index is 900. The summed E-state index contributed by atoms with van der Waals surface area (Å²) in [5, 5.41) is 9.57. The first-order valence-electron chi connectivity index (χ1n) is 10.0. The van der Waals surface area contributed by atoms with Crippen LogP contribution in [0.2, 0.25) is 0 Å². The van der Waals surface area contributed by atoms with Crippen LogP contribution in [-0.2, 0) is 14.4 Å². The first-order chi connectivity index (χ1) is 13.7. The van der Waals surface area contributed by atoms with Crippen molar-refractivity contribution in [2.75, 3.05) is 18.0 Å². The Hall–Kier alpha value is -2.90. The van der Waals surface area contributed by atoms with Crippen molar-refractivity contribution in [1.82, 2.24) is 9.80 Å². The topological polar surface area (TPSA) is 98.2 Å². The zero-order chi connectivity index (χ0) is 20.9. The molecule has 8 nitrogen and oxygen atoms in total. The third-order valence-corrected chi connectivity index (χ3v) is 6.51. The highest BCUT2D eigenvalue weighted by molar-refractivity contribution is 6.11. The minimum absolute atomic E-state index is 0.0832. The monoisotopic (exact) mass is 399 g/mol. The van der Waals surface area contributed by atoms with Crippen LogP contribution in [0.5, 0.6) is 0 Å². The van der Waals surface area contributed by atoms with Crippen LogP contribution in [0.4, 0.5) is 5.69 Å². The van der Waals surface area contributed by atoms with Gasteiger partial charge in [0, 0.05) is 13.0 Å². The summed E-state index contributed by atoms with van der Waals surface area (Å²) in [4.78, 5) is 55.1. The van der Waals surface area contributed by atoms with Gasteiger partial charge in [-0.2, -0.15) is 0 Å². The van der Waals surface area contributed by atoms with Crippen LogP contribution in [-0.4, -0.2) is 63.4 Å². The number of benzene rings is 1. The van der Waals surface area contributed by atoms with Gasteiger partial charge in [0.25, 0.3) is 5.91 Å². The number of rotatable bonds is 3. The number of likely N-dealkylation sites (tertiary alicyclic amines) is 1.